The Hall–Kier alpha value is 1.41. The third kappa shape index (κ3) is 2.81. The zero-order chi connectivity index (χ0) is 7.00. The van der Waals surface area contributed by atoms with Crippen LogP contribution in [0.4, 0.5) is 0 Å². The molecule has 0 atom stereocenters. The van der Waals surface area contributed by atoms with Gasteiger partial charge in [-0.05, 0) is 0 Å². The molecule has 0 N–H and O–H groups in total. The molecule has 0 fully saturated rings. The molecule has 0 aliphatic heterocycles. The zero-order valence-corrected chi connectivity index (χ0v) is 8.00. The minimum atomic E-state index is -0.859. The number of rotatable bonds is 0. The summed E-state index contributed by atoms with van der Waals surface area (Å²) in [6.45, 7) is 9.41. The van der Waals surface area contributed by atoms with Gasteiger partial charge < -0.3 is 0 Å². The molecule has 0 nitrogen and oxygen atoms in total. The molecule has 0 spiro atoms. The summed E-state index contributed by atoms with van der Waals surface area (Å²) in [6.07, 6.45) is 0. The molecule has 0 heterocycles. The summed E-state index contributed by atoms with van der Waals surface area (Å²) in [5.74, 6) is 0. The van der Waals surface area contributed by atoms with E-state index >= 15 is 0 Å². The fourth-order valence-electron chi connectivity index (χ4n) is 0. The number of hydrogen-bond donors (Lipinski definition) is 0. The zero-order valence-electron chi connectivity index (χ0n) is 7.00. The summed E-state index contributed by atoms with van der Waals surface area (Å²) in [5, 5.41) is 0.576. The molecule has 0 aliphatic rings. The molecular weight excluding hydrogens is 102 g/mol. The molecule has 0 saturated carbocycles. The third-order valence-electron chi connectivity index (χ3n) is 2.25. The predicted molar refractivity (Wildman–Crippen MR) is 42.8 cm³/mol. The summed E-state index contributed by atoms with van der Waals surface area (Å²) in [5.41, 5.74) is 0. The monoisotopic (exact) mass is 114 g/mol. The minimum absolute atomic E-state index is 0.576. The van der Waals surface area contributed by atoms with Crippen LogP contribution in [-0.4, -0.2) is 38.8 Å². The van der Waals surface area contributed by atoms with Crippen LogP contribution >= 0.6 is 0 Å². The molecule has 8 heavy (non-hydrogen) atoms. The molecule has 38 valence electrons. The molecule has 0 aliphatic carbocycles. The Labute approximate surface area is 70.9 Å². The van der Waals surface area contributed by atoms with Gasteiger partial charge in [0.2, 0.25) is 0 Å². The molecule has 0 aromatic heterocycles. The van der Waals surface area contributed by atoms with E-state index in [2.05, 4.69) is 61.4 Å². The Morgan fingerprint density at radius 3 is 1.25 bits per heavy atom. The van der Waals surface area contributed by atoms with Gasteiger partial charge in [0.05, 0.1) is 0 Å². The quantitative estimate of drug-likeness (QED) is 0.415. The molecule has 0 bridgehead atoms. The van der Waals surface area contributed by atoms with Gasteiger partial charge in [0.1, 0.15) is 0 Å². The summed E-state index contributed by atoms with van der Waals surface area (Å²) in [6, 6.07) is 0. The van der Waals surface area contributed by atoms with E-state index in [1.54, 1.807) is 0 Å². The van der Waals surface area contributed by atoms with E-state index < -0.39 is 4.72 Å². The average molecular weight is 114 g/mol. The second-order valence-electron chi connectivity index (χ2n) is 4.50. The SMILES string of the molecule is [Li][Si]([Li])(C)C(C)(C)C. The van der Waals surface area contributed by atoms with Gasteiger partial charge in [-0.25, -0.2) is 0 Å². The Morgan fingerprint density at radius 2 is 1.25 bits per heavy atom. The summed E-state index contributed by atoms with van der Waals surface area (Å²) in [4.78, 5) is 0. The van der Waals surface area contributed by atoms with Crippen LogP contribution in [0, 0.1) is 0 Å². The average Bonchev–Trinajstić information content (AvgIpc) is 1.25. The molecule has 0 rings (SSSR count). The summed E-state index contributed by atoms with van der Waals surface area (Å²) in [7, 11) is 0. The van der Waals surface area contributed by atoms with E-state index in [1.807, 2.05) is 0 Å². The van der Waals surface area contributed by atoms with Gasteiger partial charge in [-0.15, -0.1) is 0 Å². The summed E-state index contributed by atoms with van der Waals surface area (Å²) < 4.78 is -0.859. The van der Waals surface area contributed by atoms with Gasteiger partial charge >= 0.3 is 71.1 Å². The van der Waals surface area contributed by atoms with E-state index in [-0.39, 0.29) is 0 Å². The van der Waals surface area contributed by atoms with Crippen LogP contribution < -0.4 is 0 Å². The first-order valence-corrected chi connectivity index (χ1v) is 6.75. The molecule has 3 heteroatoms. The first-order chi connectivity index (χ1) is 3.25. The van der Waals surface area contributed by atoms with Crippen molar-refractivity contribution in [3.8, 4) is 0 Å². The van der Waals surface area contributed by atoms with Gasteiger partial charge in [0, 0.05) is 0 Å². The van der Waals surface area contributed by atoms with Crippen LogP contribution in [0.3, 0.4) is 0 Å². The van der Waals surface area contributed by atoms with Crippen molar-refractivity contribution in [3.63, 3.8) is 0 Å². The molecule has 0 radical (unpaired) electrons. The molecule has 0 aromatic carbocycles. The fourth-order valence-corrected chi connectivity index (χ4v) is 0. The Balaban J connectivity index is 4.02. The van der Waals surface area contributed by atoms with Crippen molar-refractivity contribution in [2.75, 3.05) is 0 Å². The second-order valence-corrected chi connectivity index (χ2v) is 10.5. The van der Waals surface area contributed by atoms with Gasteiger partial charge in [0.15, 0.2) is 0 Å². The van der Waals surface area contributed by atoms with Crippen molar-refractivity contribution in [2.24, 2.45) is 0 Å². The van der Waals surface area contributed by atoms with Gasteiger partial charge in [-0.2, -0.15) is 0 Å². The Morgan fingerprint density at radius 1 is 1.12 bits per heavy atom. The molecule has 0 amide bonds. The van der Waals surface area contributed by atoms with Crippen molar-refractivity contribution in [1.82, 2.24) is 0 Å². The number of hydrogen-bond acceptors (Lipinski definition) is 0. The van der Waals surface area contributed by atoms with Crippen LogP contribution in [-0.2, 0) is 0 Å². The van der Waals surface area contributed by atoms with Crippen LogP contribution in [0.5, 0.6) is 0 Å². The van der Waals surface area contributed by atoms with Crippen LogP contribution in [0.25, 0.3) is 0 Å². The van der Waals surface area contributed by atoms with Gasteiger partial charge in [-0.1, -0.05) is 0 Å². The van der Waals surface area contributed by atoms with Crippen LogP contribution in [0.1, 0.15) is 20.8 Å². The van der Waals surface area contributed by atoms with Crippen LogP contribution in [0.15, 0.2) is 0 Å². The third-order valence-corrected chi connectivity index (χ3v) is 6.75. The Kier molecular flexibility index (Phi) is 3.02. The molecule has 0 saturated heterocycles. The van der Waals surface area contributed by atoms with Gasteiger partial charge in [-0.3, -0.25) is 0 Å². The van der Waals surface area contributed by atoms with Crippen molar-refractivity contribution in [3.05, 3.63) is 0 Å². The maximum absolute atomic E-state index is 2.41. The normalized spacial score (nSPS) is 14.5. The Bertz CT molecular complexity index is 65.4. The molecule has 0 aromatic rings. The van der Waals surface area contributed by atoms with E-state index in [0.717, 1.165) is 0 Å². The fraction of sp³-hybridized carbons (Fsp3) is 1.00. The standard InChI is InChI=1S/C5H12Si.2Li/c1-5(2,3)6-4;;/h1-4H3;;. The van der Waals surface area contributed by atoms with Crippen molar-refractivity contribution in [2.45, 2.75) is 32.4 Å². The van der Waals surface area contributed by atoms with Crippen molar-refractivity contribution < 1.29 is 0 Å². The topological polar surface area (TPSA) is 0 Å². The van der Waals surface area contributed by atoms with E-state index in [1.165, 1.54) is 0 Å². The predicted octanol–water partition coefficient (Wildman–Crippen LogP) is 1.20. The van der Waals surface area contributed by atoms with Crippen molar-refractivity contribution >= 4 is 38.8 Å². The molecule has 0 unspecified atom stereocenters. The molecular formula is C5H12Li2Si. The van der Waals surface area contributed by atoms with E-state index in [0.29, 0.717) is 5.04 Å². The van der Waals surface area contributed by atoms with Crippen molar-refractivity contribution in [1.29, 1.82) is 0 Å². The first-order valence-electron chi connectivity index (χ1n) is 3.25. The van der Waals surface area contributed by atoms with E-state index in [4.69, 9.17) is 0 Å². The van der Waals surface area contributed by atoms with Crippen LogP contribution in [0.2, 0.25) is 11.6 Å². The van der Waals surface area contributed by atoms with Gasteiger partial charge in [0.25, 0.3) is 0 Å². The second kappa shape index (κ2) is 2.57. The first kappa shape index (κ1) is 9.41. The maximum atomic E-state index is 2.41. The summed E-state index contributed by atoms with van der Waals surface area (Å²) >= 11 is 4.82. The van der Waals surface area contributed by atoms with E-state index in [9.17, 15) is 0 Å².